The zero-order valence-electron chi connectivity index (χ0n) is 7.11. The summed E-state index contributed by atoms with van der Waals surface area (Å²) in [6.07, 6.45) is 2.31. The number of hydrogen-bond donors (Lipinski definition) is 0. The molecular weight excluding hydrogens is 152 g/mol. The molecule has 0 bridgehead atoms. The van der Waals surface area contributed by atoms with Gasteiger partial charge in [0.05, 0.1) is 13.2 Å². The molecule has 0 N–H and O–H groups in total. The Labute approximate surface area is 73.0 Å². The Balaban J connectivity index is 0.000000120. The SMILES string of the molecule is C1CCOOC1.c1ccccc1. The average Bonchev–Trinajstić information content (AvgIpc) is 2.24. The van der Waals surface area contributed by atoms with Crippen molar-refractivity contribution < 1.29 is 9.78 Å². The Hall–Kier alpha value is -0.860. The summed E-state index contributed by atoms with van der Waals surface area (Å²) in [4.78, 5) is 9.14. The molecule has 12 heavy (non-hydrogen) atoms. The maximum Gasteiger partial charge on any atom is 0.0823 e. The molecule has 1 aliphatic rings. The predicted octanol–water partition coefficient (Wildman–Crippen LogP) is 2.42. The van der Waals surface area contributed by atoms with E-state index in [0.29, 0.717) is 0 Å². The lowest BCUT2D eigenvalue weighted by Crippen LogP contribution is -2.05. The fraction of sp³-hybridized carbons (Fsp3) is 0.400. The number of hydrogen-bond acceptors (Lipinski definition) is 2. The molecule has 1 fully saturated rings. The lowest BCUT2D eigenvalue weighted by molar-refractivity contribution is -0.312. The molecule has 2 heteroatoms. The molecule has 2 rings (SSSR count). The molecule has 1 heterocycles. The van der Waals surface area contributed by atoms with Gasteiger partial charge >= 0.3 is 0 Å². The van der Waals surface area contributed by atoms with Crippen LogP contribution in [0.5, 0.6) is 0 Å². The highest BCUT2D eigenvalue weighted by atomic mass is 17.2. The lowest BCUT2D eigenvalue weighted by Gasteiger charge is -2.07. The Morgan fingerprint density at radius 1 is 0.583 bits per heavy atom. The molecule has 1 aromatic rings. The monoisotopic (exact) mass is 166 g/mol. The van der Waals surface area contributed by atoms with E-state index in [0.717, 1.165) is 26.1 Å². The molecule has 0 unspecified atom stereocenters. The van der Waals surface area contributed by atoms with Crippen LogP contribution in [0.15, 0.2) is 36.4 Å². The highest BCUT2D eigenvalue weighted by Gasteiger charge is 1.95. The first-order valence-electron chi connectivity index (χ1n) is 4.24. The zero-order chi connectivity index (χ0) is 8.49. The van der Waals surface area contributed by atoms with E-state index in [1.165, 1.54) is 0 Å². The van der Waals surface area contributed by atoms with Crippen LogP contribution in [0.4, 0.5) is 0 Å². The zero-order valence-corrected chi connectivity index (χ0v) is 7.11. The smallest absolute Gasteiger partial charge is 0.0823 e. The topological polar surface area (TPSA) is 18.5 Å². The van der Waals surface area contributed by atoms with Gasteiger partial charge in [0.2, 0.25) is 0 Å². The van der Waals surface area contributed by atoms with E-state index < -0.39 is 0 Å². The van der Waals surface area contributed by atoms with Crippen molar-refractivity contribution in [1.82, 2.24) is 0 Å². The molecule has 1 aliphatic heterocycles. The third kappa shape index (κ3) is 4.88. The van der Waals surface area contributed by atoms with Crippen molar-refractivity contribution in [2.24, 2.45) is 0 Å². The minimum absolute atomic E-state index is 0.778. The van der Waals surface area contributed by atoms with Crippen molar-refractivity contribution in [3.63, 3.8) is 0 Å². The van der Waals surface area contributed by atoms with Crippen LogP contribution in [0.1, 0.15) is 12.8 Å². The normalized spacial score (nSPS) is 16.0. The van der Waals surface area contributed by atoms with Gasteiger partial charge in [0.15, 0.2) is 0 Å². The van der Waals surface area contributed by atoms with Gasteiger partial charge in [0.25, 0.3) is 0 Å². The molecule has 1 saturated heterocycles. The van der Waals surface area contributed by atoms with Gasteiger partial charge in [-0.15, -0.1) is 0 Å². The molecule has 2 nitrogen and oxygen atoms in total. The van der Waals surface area contributed by atoms with Crippen LogP contribution < -0.4 is 0 Å². The van der Waals surface area contributed by atoms with Crippen molar-refractivity contribution in [2.45, 2.75) is 12.8 Å². The van der Waals surface area contributed by atoms with E-state index in [9.17, 15) is 0 Å². The average molecular weight is 166 g/mol. The van der Waals surface area contributed by atoms with Crippen LogP contribution in [0.3, 0.4) is 0 Å². The van der Waals surface area contributed by atoms with E-state index in [1.54, 1.807) is 0 Å². The fourth-order valence-electron chi connectivity index (χ4n) is 0.825. The molecule has 0 spiro atoms. The Kier molecular flexibility index (Phi) is 5.25. The largest absolute Gasteiger partial charge is 0.237 e. The summed E-state index contributed by atoms with van der Waals surface area (Å²) in [6, 6.07) is 12.0. The maximum atomic E-state index is 4.57. The van der Waals surface area contributed by atoms with Crippen molar-refractivity contribution in [3.05, 3.63) is 36.4 Å². The van der Waals surface area contributed by atoms with Gasteiger partial charge in [-0.25, -0.2) is 9.78 Å². The van der Waals surface area contributed by atoms with Crippen LogP contribution in [-0.2, 0) is 9.78 Å². The van der Waals surface area contributed by atoms with E-state index in [1.807, 2.05) is 36.4 Å². The van der Waals surface area contributed by atoms with Crippen molar-refractivity contribution in [2.75, 3.05) is 13.2 Å². The van der Waals surface area contributed by atoms with Gasteiger partial charge in [-0.2, -0.15) is 0 Å². The van der Waals surface area contributed by atoms with Crippen molar-refractivity contribution in [3.8, 4) is 0 Å². The lowest BCUT2D eigenvalue weighted by atomic mass is 10.3. The quantitative estimate of drug-likeness (QED) is 0.551. The summed E-state index contributed by atoms with van der Waals surface area (Å²) in [5.74, 6) is 0. The van der Waals surface area contributed by atoms with Crippen LogP contribution in [0.25, 0.3) is 0 Å². The van der Waals surface area contributed by atoms with Gasteiger partial charge in [-0.1, -0.05) is 36.4 Å². The van der Waals surface area contributed by atoms with Gasteiger partial charge in [-0.3, -0.25) is 0 Å². The fourth-order valence-corrected chi connectivity index (χ4v) is 0.825. The van der Waals surface area contributed by atoms with Gasteiger partial charge in [0, 0.05) is 0 Å². The molecule has 1 aromatic carbocycles. The molecule has 0 aliphatic carbocycles. The second kappa shape index (κ2) is 6.83. The van der Waals surface area contributed by atoms with E-state index in [2.05, 4.69) is 9.78 Å². The Morgan fingerprint density at radius 2 is 0.917 bits per heavy atom. The number of benzene rings is 1. The minimum Gasteiger partial charge on any atom is -0.237 e. The highest BCUT2D eigenvalue weighted by molar-refractivity contribution is 4.99. The van der Waals surface area contributed by atoms with Gasteiger partial charge < -0.3 is 0 Å². The second-order valence-corrected chi connectivity index (χ2v) is 2.51. The standard InChI is InChI=1S/C6H6.C4H8O2/c2*1-2-4-6-5-3-1/h1-6H;1-4H2. The molecule has 0 saturated carbocycles. The molecule has 0 radical (unpaired) electrons. The molecule has 0 aromatic heterocycles. The summed E-state index contributed by atoms with van der Waals surface area (Å²) in [5, 5.41) is 0. The van der Waals surface area contributed by atoms with E-state index in [-0.39, 0.29) is 0 Å². The highest BCUT2D eigenvalue weighted by Crippen LogP contribution is 1.97. The minimum atomic E-state index is 0.778. The van der Waals surface area contributed by atoms with Crippen molar-refractivity contribution >= 4 is 0 Å². The summed E-state index contributed by atoms with van der Waals surface area (Å²) in [6.45, 7) is 1.56. The van der Waals surface area contributed by atoms with Crippen LogP contribution in [0.2, 0.25) is 0 Å². The van der Waals surface area contributed by atoms with Gasteiger partial charge in [0.1, 0.15) is 0 Å². The molecular formula is C10H14O2. The Bertz CT molecular complexity index is 132. The van der Waals surface area contributed by atoms with E-state index in [4.69, 9.17) is 0 Å². The predicted molar refractivity (Wildman–Crippen MR) is 47.6 cm³/mol. The van der Waals surface area contributed by atoms with Crippen LogP contribution in [-0.4, -0.2) is 13.2 Å². The molecule has 0 atom stereocenters. The summed E-state index contributed by atoms with van der Waals surface area (Å²) < 4.78 is 0. The summed E-state index contributed by atoms with van der Waals surface area (Å²) in [7, 11) is 0. The summed E-state index contributed by atoms with van der Waals surface area (Å²) >= 11 is 0. The van der Waals surface area contributed by atoms with Crippen LogP contribution >= 0.6 is 0 Å². The molecule has 0 amide bonds. The third-order valence-corrected chi connectivity index (χ3v) is 1.46. The van der Waals surface area contributed by atoms with Gasteiger partial charge in [-0.05, 0) is 12.8 Å². The first-order valence-corrected chi connectivity index (χ1v) is 4.24. The van der Waals surface area contributed by atoms with Crippen molar-refractivity contribution in [1.29, 1.82) is 0 Å². The Morgan fingerprint density at radius 3 is 1.08 bits per heavy atom. The first-order chi connectivity index (χ1) is 6.00. The van der Waals surface area contributed by atoms with Crippen LogP contribution in [0, 0.1) is 0 Å². The first kappa shape index (κ1) is 9.23. The second-order valence-electron chi connectivity index (χ2n) is 2.51. The summed E-state index contributed by atoms with van der Waals surface area (Å²) in [5.41, 5.74) is 0. The maximum absolute atomic E-state index is 4.57. The third-order valence-electron chi connectivity index (χ3n) is 1.46. The number of rotatable bonds is 0. The molecule has 66 valence electrons. The van der Waals surface area contributed by atoms with E-state index >= 15 is 0 Å².